The van der Waals surface area contributed by atoms with E-state index in [2.05, 4.69) is 0 Å². The van der Waals surface area contributed by atoms with E-state index in [1.54, 1.807) is 0 Å². The first kappa shape index (κ1) is 15.2. The van der Waals surface area contributed by atoms with Crippen LogP contribution in [-0.2, 0) is 0 Å². The van der Waals surface area contributed by atoms with Gasteiger partial charge in [0.1, 0.15) is 0 Å². The second-order valence-corrected chi connectivity index (χ2v) is 3.14. The number of halogens is 2. The molecule has 15 heavy (non-hydrogen) atoms. The fourth-order valence-electron chi connectivity index (χ4n) is 0.920. The van der Waals surface area contributed by atoms with Crippen molar-refractivity contribution in [2.24, 2.45) is 0 Å². The summed E-state index contributed by atoms with van der Waals surface area (Å²) in [7, 11) is 0. The van der Waals surface area contributed by atoms with Gasteiger partial charge in [0, 0.05) is 11.1 Å². The van der Waals surface area contributed by atoms with Crippen LogP contribution in [0.1, 0.15) is 20.7 Å². The zero-order valence-corrected chi connectivity index (χ0v) is 12.2. The Labute approximate surface area is 132 Å². The molecular formula is C8H2Cl2O4Sr. The number of aromatic carboxylic acids is 2. The molecule has 1 aromatic rings. The third kappa shape index (κ3) is 3.34. The van der Waals surface area contributed by atoms with Crippen LogP contribution in [0.4, 0.5) is 0 Å². The van der Waals surface area contributed by atoms with E-state index in [0.717, 1.165) is 6.07 Å². The van der Waals surface area contributed by atoms with Gasteiger partial charge in [-0.25, -0.2) is 0 Å². The van der Waals surface area contributed by atoms with E-state index in [1.807, 2.05) is 0 Å². The molecule has 4 nitrogen and oxygen atoms in total. The van der Waals surface area contributed by atoms with Gasteiger partial charge in [0.25, 0.3) is 0 Å². The van der Waals surface area contributed by atoms with Crippen LogP contribution in [0.2, 0.25) is 10.0 Å². The molecule has 0 heterocycles. The Morgan fingerprint density at radius 2 is 1.60 bits per heavy atom. The first-order chi connectivity index (χ1) is 6.45. The van der Waals surface area contributed by atoms with Gasteiger partial charge in [-0.1, -0.05) is 29.3 Å². The summed E-state index contributed by atoms with van der Waals surface area (Å²) in [4.78, 5) is 21.0. The third-order valence-corrected chi connectivity index (χ3v) is 2.32. The first-order valence-corrected chi connectivity index (χ1v) is 4.11. The van der Waals surface area contributed by atoms with E-state index in [9.17, 15) is 19.8 Å². The fraction of sp³-hybridized carbons (Fsp3) is 0. The van der Waals surface area contributed by atoms with Crippen LogP contribution < -0.4 is 10.2 Å². The maximum atomic E-state index is 10.6. The molecule has 74 valence electrons. The molecule has 0 unspecified atom stereocenters. The molecule has 1 aromatic carbocycles. The minimum absolute atomic E-state index is 0. The van der Waals surface area contributed by atoms with Crippen molar-refractivity contribution >= 4 is 80.6 Å². The van der Waals surface area contributed by atoms with Gasteiger partial charge in [0.05, 0.1) is 22.0 Å². The van der Waals surface area contributed by atoms with Crippen molar-refractivity contribution in [3.8, 4) is 0 Å². The van der Waals surface area contributed by atoms with Gasteiger partial charge in [-0.05, 0) is 6.07 Å². The Hall–Kier alpha value is 0.221. The largest absolute Gasteiger partial charge is 2.00 e. The minimum atomic E-state index is -1.71. The van der Waals surface area contributed by atoms with Crippen molar-refractivity contribution in [2.45, 2.75) is 0 Å². The Kier molecular flexibility index (Phi) is 6.17. The predicted molar refractivity (Wildman–Crippen MR) is 50.9 cm³/mol. The van der Waals surface area contributed by atoms with Gasteiger partial charge in [0.2, 0.25) is 0 Å². The summed E-state index contributed by atoms with van der Waals surface area (Å²) >= 11 is 11.0. The Morgan fingerprint density at radius 1 is 1.07 bits per heavy atom. The molecule has 0 bridgehead atoms. The normalized spacial score (nSPS) is 9.20. The molecule has 0 amide bonds. The van der Waals surface area contributed by atoms with Crippen LogP contribution in [0.15, 0.2) is 12.1 Å². The number of rotatable bonds is 2. The maximum Gasteiger partial charge on any atom is 2.00 e. The summed E-state index contributed by atoms with van der Waals surface area (Å²) in [5, 5.41) is 20.6. The summed E-state index contributed by atoms with van der Waals surface area (Å²) < 4.78 is 0. The maximum absolute atomic E-state index is 10.6. The van der Waals surface area contributed by atoms with Gasteiger partial charge in [0.15, 0.2) is 0 Å². The van der Waals surface area contributed by atoms with Crippen molar-refractivity contribution in [3.63, 3.8) is 0 Å². The Bertz CT molecular complexity index is 419. The average molecular weight is 321 g/mol. The number of carbonyl (C=O) groups excluding carboxylic acids is 2. The minimum Gasteiger partial charge on any atom is -0.545 e. The molecular weight excluding hydrogens is 319 g/mol. The molecule has 7 heteroatoms. The van der Waals surface area contributed by atoms with E-state index in [4.69, 9.17) is 23.2 Å². The van der Waals surface area contributed by atoms with Crippen molar-refractivity contribution in [1.82, 2.24) is 0 Å². The number of carboxylic acid groups (broad SMARTS) is 2. The van der Waals surface area contributed by atoms with Crippen molar-refractivity contribution in [1.29, 1.82) is 0 Å². The van der Waals surface area contributed by atoms with Gasteiger partial charge in [-0.2, -0.15) is 0 Å². The number of hydrogen-bond acceptors (Lipinski definition) is 4. The molecule has 0 radical (unpaired) electrons. The molecule has 0 aromatic heterocycles. The summed E-state index contributed by atoms with van der Waals surface area (Å²) in [6.07, 6.45) is 0. The molecule has 0 saturated carbocycles. The van der Waals surface area contributed by atoms with Gasteiger partial charge in [-0.15, -0.1) is 0 Å². The monoisotopic (exact) mass is 320 g/mol. The van der Waals surface area contributed by atoms with Crippen molar-refractivity contribution in [2.75, 3.05) is 0 Å². The summed E-state index contributed by atoms with van der Waals surface area (Å²) in [6, 6.07) is 2.16. The van der Waals surface area contributed by atoms with Gasteiger partial charge >= 0.3 is 45.5 Å². The Morgan fingerprint density at radius 3 is 2.00 bits per heavy atom. The molecule has 0 fully saturated rings. The Balaban J connectivity index is 0.00000196. The van der Waals surface area contributed by atoms with Crippen molar-refractivity contribution < 1.29 is 19.8 Å². The quantitative estimate of drug-likeness (QED) is 0.678. The molecule has 0 spiro atoms. The van der Waals surface area contributed by atoms with Crippen LogP contribution in [-0.4, -0.2) is 57.4 Å². The molecule has 0 saturated heterocycles. The van der Waals surface area contributed by atoms with E-state index >= 15 is 0 Å². The number of hydrogen-bond donors (Lipinski definition) is 0. The van der Waals surface area contributed by atoms with Crippen LogP contribution >= 0.6 is 23.2 Å². The number of carboxylic acids is 2. The second-order valence-electron chi connectivity index (χ2n) is 2.36. The molecule has 0 atom stereocenters. The predicted octanol–water partition coefficient (Wildman–Crippen LogP) is -0.660. The molecule has 0 N–H and O–H groups in total. The van der Waals surface area contributed by atoms with E-state index < -0.39 is 23.1 Å². The number of benzene rings is 1. The second kappa shape index (κ2) is 6.08. The zero-order chi connectivity index (χ0) is 10.9. The molecule has 0 aliphatic carbocycles. The summed E-state index contributed by atoms with van der Waals surface area (Å²) in [6.45, 7) is 0. The average Bonchev–Trinajstić information content (AvgIpc) is 2.08. The van der Waals surface area contributed by atoms with Crippen molar-refractivity contribution in [3.05, 3.63) is 33.3 Å². The zero-order valence-electron chi connectivity index (χ0n) is 7.25. The topological polar surface area (TPSA) is 80.3 Å². The van der Waals surface area contributed by atoms with Gasteiger partial charge < -0.3 is 19.8 Å². The van der Waals surface area contributed by atoms with E-state index in [1.165, 1.54) is 6.07 Å². The van der Waals surface area contributed by atoms with Crippen LogP contribution in [0, 0.1) is 0 Å². The molecule has 1 rings (SSSR count). The van der Waals surface area contributed by atoms with E-state index in [0.29, 0.717) is 0 Å². The molecule has 0 aliphatic rings. The number of carbonyl (C=O) groups is 2. The fourth-order valence-corrected chi connectivity index (χ4v) is 1.32. The van der Waals surface area contributed by atoms with E-state index in [-0.39, 0.29) is 55.5 Å². The van der Waals surface area contributed by atoms with Gasteiger partial charge in [-0.3, -0.25) is 0 Å². The molecule has 0 aliphatic heterocycles. The summed E-state index contributed by atoms with van der Waals surface area (Å²) in [5.74, 6) is -3.36. The standard InChI is InChI=1S/C8H4Cl2O4.Sr/c9-4-2-1-3(7(11)12)5(6(4)10)8(13)14;/h1-2H,(H,11,12)(H,13,14);/q;+2/p-2. The SMILES string of the molecule is O=C([O-])c1ccc(Cl)c(Cl)c1C(=O)[O-].[Sr+2]. The van der Waals surface area contributed by atoms with Crippen LogP contribution in [0.5, 0.6) is 0 Å². The summed E-state index contributed by atoms with van der Waals surface area (Å²) in [5.41, 5.74) is -1.22. The van der Waals surface area contributed by atoms with Crippen LogP contribution in [0.3, 0.4) is 0 Å². The smallest absolute Gasteiger partial charge is 0.545 e. The third-order valence-electron chi connectivity index (χ3n) is 1.52. The van der Waals surface area contributed by atoms with Crippen LogP contribution in [0.25, 0.3) is 0 Å². The first-order valence-electron chi connectivity index (χ1n) is 3.36.